The number of hydrogen-bond donors (Lipinski definition) is 1. The van der Waals surface area contributed by atoms with Gasteiger partial charge in [0.15, 0.2) is 0 Å². The molecule has 1 rings (SSSR count). The zero-order chi connectivity index (χ0) is 15.2. The minimum Gasteiger partial charge on any atom is -0.497 e. The van der Waals surface area contributed by atoms with Gasteiger partial charge in [-0.15, -0.1) is 0 Å². The number of benzene rings is 1. The Bertz CT molecular complexity index is 455. The van der Waals surface area contributed by atoms with Gasteiger partial charge in [-0.1, -0.05) is 0 Å². The molecule has 4 nitrogen and oxygen atoms in total. The minimum absolute atomic E-state index is 0.157. The smallest absolute Gasteiger partial charge is 0.123 e. The zero-order valence-corrected chi connectivity index (χ0v) is 13.8. The molecule has 0 bridgehead atoms. The maximum absolute atomic E-state index is 11.9. The molecule has 0 aliphatic carbocycles. The predicted molar refractivity (Wildman–Crippen MR) is 84.0 cm³/mol. The fraction of sp³-hybridized carbons (Fsp3) is 0.600. The Labute approximate surface area is 124 Å². The number of hydrogen-bond acceptors (Lipinski definition) is 4. The first-order chi connectivity index (χ1) is 9.38. The molecule has 114 valence electrons. The first-order valence-corrected chi connectivity index (χ1v) is 8.00. The molecule has 0 heterocycles. The summed E-state index contributed by atoms with van der Waals surface area (Å²) >= 11 is 0. The van der Waals surface area contributed by atoms with Crippen molar-refractivity contribution < 1.29 is 13.7 Å². The number of methoxy groups -OCH3 is 2. The van der Waals surface area contributed by atoms with Crippen LogP contribution in [0.3, 0.4) is 0 Å². The molecule has 5 heteroatoms. The van der Waals surface area contributed by atoms with Crippen LogP contribution in [0.15, 0.2) is 18.2 Å². The molecule has 0 unspecified atom stereocenters. The van der Waals surface area contributed by atoms with E-state index in [0.717, 1.165) is 17.1 Å². The second-order valence-corrected chi connectivity index (χ2v) is 7.84. The first-order valence-electron chi connectivity index (χ1n) is 6.68. The molecule has 20 heavy (non-hydrogen) atoms. The Morgan fingerprint density at radius 1 is 1.20 bits per heavy atom. The number of ether oxygens (including phenoxy) is 2. The van der Waals surface area contributed by atoms with E-state index < -0.39 is 10.8 Å². The first kappa shape index (κ1) is 17.0. The van der Waals surface area contributed by atoms with Crippen LogP contribution in [-0.2, 0) is 17.3 Å². The Morgan fingerprint density at radius 2 is 1.90 bits per heavy atom. The van der Waals surface area contributed by atoms with Gasteiger partial charge in [0, 0.05) is 40.0 Å². The fourth-order valence-corrected chi connectivity index (χ4v) is 2.66. The summed E-state index contributed by atoms with van der Waals surface area (Å²) in [6.07, 6.45) is 0. The molecule has 1 N–H and O–H groups in total. The Morgan fingerprint density at radius 3 is 2.45 bits per heavy atom. The summed E-state index contributed by atoms with van der Waals surface area (Å²) in [7, 11) is 2.47. The highest BCUT2D eigenvalue weighted by Gasteiger charge is 2.18. The lowest BCUT2D eigenvalue weighted by Crippen LogP contribution is -2.29. The Kier molecular flexibility index (Phi) is 6.49. The molecular formula is C15H25NO3S. The summed E-state index contributed by atoms with van der Waals surface area (Å²) in [6, 6.07) is 5.71. The van der Waals surface area contributed by atoms with Gasteiger partial charge in [-0.05, 0) is 39.0 Å². The summed E-state index contributed by atoms with van der Waals surface area (Å²) in [6.45, 7) is 7.36. The van der Waals surface area contributed by atoms with Crippen LogP contribution >= 0.6 is 0 Å². The van der Waals surface area contributed by atoms with Crippen LogP contribution in [0.5, 0.6) is 11.5 Å². The van der Waals surface area contributed by atoms with E-state index in [2.05, 4.69) is 5.32 Å². The highest BCUT2D eigenvalue weighted by Crippen LogP contribution is 2.23. The molecule has 0 amide bonds. The molecule has 0 fully saturated rings. The molecule has 0 radical (unpaired) electrons. The van der Waals surface area contributed by atoms with Crippen LogP contribution in [-0.4, -0.2) is 35.5 Å². The van der Waals surface area contributed by atoms with Crippen LogP contribution in [0, 0.1) is 0 Å². The molecule has 1 aromatic carbocycles. The van der Waals surface area contributed by atoms with Gasteiger partial charge in [0.05, 0.1) is 14.2 Å². The van der Waals surface area contributed by atoms with Gasteiger partial charge in [-0.25, -0.2) is 0 Å². The van der Waals surface area contributed by atoms with Crippen LogP contribution in [0.2, 0.25) is 0 Å². The van der Waals surface area contributed by atoms with Gasteiger partial charge in [0.2, 0.25) is 0 Å². The minimum atomic E-state index is -0.827. The quantitative estimate of drug-likeness (QED) is 0.785. The summed E-state index contributed by atoms with van der Waals surface area (Å²) in [5.41, 5.74) is 1.04. The standard InChI is InChI=1S/C15H25NO3S/c1-15(2,3)20(17)9-8-16-11-12-10-13(18-4)6-7-14(12)19-5/h6-7,10,16H,8-9,11H2,1-5H3/t20-/m0/s1. The van der Waals surface area contributed by atoms with E-state index >= 15 is 0 Å². The zero-order valence-electron chi connectivity index (χ0n) is 13.0. The second kappa shape index (κ2) is 7.64. The predicted octanol–water partition coefficient (Wildman–Crippen LogP) is 2.34. The normalized spacial score (nSPS) is 13.1. The average molecular weight is 299 g/mol. The summed E-state index contributed by atoms with van der Waals surface area (Å²) in [4.78, 5) is 0. The Hall–Kier alpha value is -1.07. The molecule has 0 spiro atoms. The lowest BCUT2D eigenvalue weighted by molar-refractivity contribution is 0.397. The average Bonchev–Trinajstić information content (AvgIpc) is 2.41. The van der Waals surface area contributed by atoms with E-state index in [-0.39, 0.29) is 4.75 Å². The maximum Gasteiger partial charge on any atom is 0.123 e. The van der Waals surface area contributed by atoms with E-state index in [1.54, 1.807) is 14.2 Å². The highest BCUT2D eigenvalue weighted by molar-refractivity contribution is 7.86. The van der Waals surface area contributed by atoms with Crippen LogP contribution in [0.25, 0.3) is 0 Å². The topological polar surface area (TPSA) is 47.6 Å². The van der Waals surface area contributed by atoms with E-state index in [0.29, 0.717) is 18.8 Å². The molecule has 0 aliphatic rings. The third-order valence-electron chi connectivity index (χ3n) is 2.95. The van der Waals surface area contributed by atoms with E-state index in [9.17, 15) is 4.21 Å². The van der Waals surface area contributed by atoms with Crippen molar-refractivity contribution in [1.29, 1.82) is 0 Å². The van der Waals surface area contributed by atoms with Crippen molar-refractivity contribution in [1.82, 2.24) is 5.32 Å². The molecule has 1 aromatic rings. The van der Waals surface area contributed by atoms with Gasteiger partial charge < -0.3 is 14.8 Å². The molecule has 0 aromatic heterocycles. The van der Waals surface area contributed by atoms with Gasteiger partial charge in [0.25, 0.3) is 0 Å². The van der Waals surface area contributed by atoms with Crippen molar-refractivity contribution in [3.05, 3.63) is 23.8 Å². The lowest BCUT2D eigenvalue weighted by Gasteiger charge is -2.18. The van der Waals surface area contributed by atoms with Gasteiger partial charge >= 0.3 is 0 Å². The lowest BCUT2D eigenvalue weighted by atomic mass is 10.2. The maximum atomic E-state index is 11.9. The monoisotopic (exact) mass is 299 g/mol. The van der Waals surface area contributed by atoms with Gasteiger partial charge in [-0.3, -0.25) is 4.21 Å². The molecule has 1 atom stereocenters. The third kappa shape index (κ3) is 5.13. The Balaban J connectivity index is 2.51. The van der Waals surface area contributed by atoms with Crippen molar-refractivity contribution in [3.63, 3.8) is 0 Å². The van der Waals surface area contributed by atoms with Crippen molar-refractivity contribution in [2.24, 2.45) is 0 Å². The third-order valence-corrected chi connectivity index (χ3v) is 4.89. The second-order valence-electron chi connectivity index (χ2n) is 5.52. The molecule has 0 aliphatic heterocycles. The largest absolute Gasteiger partial charge is 0.497 e. The van der Waals surface area contributed by atoms with Gasteiger partial charge in [0.1, 0.15) is 11.5 Å². The SMILES string of the molecule is COc1ccc(OC)c(CNCC[S@](=O)C(C)(C)C)c1. The van der Waals surface area contributed by atoms with Crippen molar-refractivity contribution in [2.75, 3.05) is 26.5 Å². The van der Waals surface area contributed by atoms with E-state index in [4.69, 9.17) is 9.47 Å². The van der Waals surface area contributed by atoms with Gasteiger partial charge in [-0.2, -0.15) is 0 Å². The summed E-state index contributed by atoms with van der Waals surface area (Å²) < 4.78 is 22.3. The van der Waals surface area contributed by atoms with Crippen molar-refractivity contribution in [2.45, 2.75) is 32.1 Å². The van der Waals surface area contributed by atoms with Crippen molar-refractivity contribution in [3.8, 4) is 11.5 Å². The molecule has 0 saturated carbocycles. The van der Waals surface area contributed by atoms with Crippen molar-refractivity contribution >= 4 is 10.8 Å². The van der Waals surface area contributed by atoms with Crippen LogP contribution < -0.4 is 14.8 Å². The van der Waals surface area contributed by atoms with E-state index in [1.165, 1.54) is 0 Å². The fourth-order valence-electron chi connectivity index (χ4n) is 1.71. The number of nitrogens with one attached hydrogen (secondary N) is 1. The summed E-state index contributed by atoms with van der Waals surface area (Å²) in [5.74, 6) is 2.28. The van der Waals surface area contributed by atoms with Crippen LogP contribution in [0.4, 0.5) is 0 Å². The highest BCUT2D eigenvalue weighted by atomic mass is 32.2. The summed E-state index contributed by atoms with van der Waals surface area (Å²) in [5, 5.41) is 3.30. The number of rotatable bonds is 7. The van der Waals surface area contributed by atoms with E-state index in [1.807, 2.05) is 39.0 Å². The van der Waals surface area contributed by atoms with Crippen LogP contribution in [0.1, 0.15) is 26.3 Å². The molecule has 0 saturated heterocycles. The molecular weight excluding hydrogens is 274 g/mol.